The van der Waals surface area contributed by atoms with Crippen LogP contribution in [0.5, 0.6) is 5.75 Å². The van der Waals surface area contributed by atoms with Crippen LogP contribution in [0.4, 0.5) is 5.69 Å². The maximum Gasteiger partial charge on any atom is 0.301 e. The Balaban J connectivity index is 2.01. The van der Waals surface area contributed by atoms with Gasteiger partial charge >= 0.3 is 5.91 Å². The van der Waals surface area contributed by atoms with Crippen molar-refractivity contribution in [2.45, 2.75) is 13.8 Å². The number of aryl methyl sites for hydroxylation is 1. The number of aliphatic hydroxyl groups is 1. The highest BCUT2D eigenvalue weighted by molar-refractivity contribution is 6.45. The molecular weight excluding hydrogens is 342 g/mol. The Kier molecular flexibility index (Phi) is 4.51. The van der Waals surface area contributed by atoms with Crippen LogP contribution in [0, 0.1) is 6.92 Å². The highest BCUT2D eigenvalue weighted by Gasteiger charge is 2.40. The number of rotatable bonds is 4. The van der Waals surface area contributed by atoms with Crippen molar-refractivity contribution >= 4 is 34.7 Å². The zero-order chi connectivity index (χ0) is 18.1. The van der Waals surface area contributed by atoms with Gasteiger partial charge in [0.15, 0.2) is 5.76 Å². The minimum absolute atomic E-state index is 0.0348. The SMILES string of the molecule is CCOc1ccc(C2=C(O)C(=O)N(c3cc(Cl)ccc3C)C2=O)cc1. The molecule has 5 nitrogen and oxygen atoms in total. The van der Waals surface area contributed by atoms with Gasteiger partial charge in [0.1, 0.15) is 5.75 Å². The molecule has 0 atom stereocenters. The normalized spacial score (nSPS) is 14.4. The zero-order valence-electron chi connectivity index (χ0n) is 13.7. The highest BCUT2D eigenvalue weighted by Crippen LogP contribution is 2.35. The van der Waals surface area contributed by atoms with E-state index in [4.69, 9.17) is 16.3 Å². The molecule has 1 N–H and O–H groups in total. The molecular formula is C19H16ClNO4. The maximum atomic E-state index is 12.8. The van der Waals surface area contributed by atoms with Gasteiger partial charge in [-0.3, -0.25) is 9.59 Å². The minimum Gasteiger partial charge on any atom is -0.502 e. The van der Waals surface area contributed by atoms with Gasteiger partial charge < -0.3 is 9.84 Å². The van der Waals surface area contributed by atoms with Crippen molar-refractivity contribution in [1.29, 1.82) is 0 Å². The number of carbonyl (C=O) groups is 2. The molecule has 2 amide bonds. The number of amides is 2. The number of aliphatic hydroxyl groups excluding tert-OH is 1. The molecule has 2 aromatic rings. The number of hydrogen-bond acceptors (Lipinski definition) is 4. The number of imide groups is 1. The Hall–Kier alpha value is -2.79. The van der Waals surface area contributed by atoms with Crippen LogP contribution in [-0.4, -0.2) is 23.5 Å². The number of ether oxygens (including phenoxy) is 1. The predicted molar refractivity (Wildman–Crippen MR) is 95.8 cm³/mol. The third kappa shape index (κ3) is 2.98. The zero-order valence-corrected chi connectivity index (χ0v) is 14.5. The van der Waals surface area contributed by atoms with Crippen molar-refractivity contribution in [3.8, 4) is 5.75 Å². The van der Waals surface area contributed by atoms with Gasteiger partial charge in [0.25, 0.3) is 5.91 Å². The lowest BCUT2D eigenvalue weighted by Gasteiger charge is -2.17. The lowest BCUT2D eigenvalue weighted by molar-refractivity contribution is -0.121. The number of nitrogens with zero attached hydrogens (tertiary/aromatic N) is 1. The van der Waals surface area contributed by atoms with E-state index >= 15 is 0 Å². The first-order valence-corrected chi connectivity index (χ1v) is 8.13. The second-order valence-corrected chi connectivity index (χ2v) is 5.99. The Morgan fingerprint density at radius 1 is 1.08 bits per heavy atom. The third-order valence-corrected chi connectivity index (χ3v) is 4.16. The second-order valence-electron chi connectivity index (χ2n) is 5.56. The lowest BCUT2D eigenvalue weighted by Crippen LogP contribution is -2.32. The fourth-order valence-corrected chi connectivity index (χ4v) is 2.87. The van der Waals surface area contributed by atoms with Crippen LogP contribution in [0.3, 0.4) is 0 Å². The van der Waals surface area contributed by atoms with Gasteiger partial charge in [-0.05, 0) is 49.2 Å². The summed E-state index contributed by atoms with van der Waals surface area (Å²) in [7, 11) is 0. The van der Waals surface area contributed by atoms with Crippen molar-refractivity contribution in [2.24, 2.45) is 0 Å². The number of hydrogen-bond donors (Lipinski definition) is 1. The summed E-state index contributed by atoms with van der Waals surface area (Å²) in [5, 5.41) is 10.6. The van der Waals surface area contributed by atoms with Gasteiger partial charge in [0.2, 0.25) is 0 Å². The molecule has 3 rings (SSSR count). The first-order valence-electron chi connectivity index (χ1n) is 7.75. The van der Waals surface area contributed by atoms with Gasteiger partial charge in [-0.1, -0.05) is 29.8 Å². The molecule has 1 aliphatic heterocycles. The topological polar surface area (TPSA) is 66.8 Å². The second kappa shape index (κ2) is 6.61. The summed E-state index contributed by atoms with van der Waals surface area (Å²) in [6, 6.07) is 11.6. The Labute approximate surface area is 150 Å². The number of halogens is 1. The monoisotopic (exact) mass is 357 g/mol. The summed E-state index contributed by atoms with van der Waals surface area (Å²) < 4.78 is 5.36. The van der Waals surface area contributed by atoms with Crippen LogP contribution in [0.25, 0.3) is 5.57 Å². The van der Waals surface area contributed by atoms with Crippen molar-refractivity contribution in [3.63, 3.8) is 0 Å². The molecule has 0 fully saturated rings. The summed E-state index contributed by atoms with van der Waals surface area (Å²) in [5.41, 5.74) is 1.47. The van der Waals surface area contributed by atoms with Gasteiger partial charge in [-0.2, -0.15) is 0 Å². The quantitative estimate of drug-likeness (QED) is 0.843. The molecule has 0 aromatic heterocycles. The largest absolute Gasteiger partial charge is 0.502 e. The molecule has 0 saturated heterocycles. The van der Waals surface area contributed by atoms with E-state index in [1.54, 1.807) is 43.3 Å². The van der Waals surface area contributed by atoms with E-state index in [2.05, 4.69) is 0 Å². The van der Waals surface area contributed by atoms with Crippen molar-refractivity contribution in [1.82, 2.24) is 0 Å². The lowest BCUT2D eigenvalue weighted by atomic mass is 10.1. The molecule has 128 valence electrons. The molecule has 0 saturated carbocycles. The standard InChI is InChI=1S/C19H16ClNO4/c1-3-25-14-8-5-12(6-9-14)16-17(22)19(24)21(18(16)23)15-10-13(20)7-4-11(15)2/h4-10,22H,3H2,1-2H3. The van der Waals surface area contributed by atoms with Crippen LogP contribution < -0.4 is 9.64 Å². The van der Waals surface area contributed by atoms with E-state index in [0.29, 0.717) is 34.2 Å². The molecule has 0 bridgehead atoms. The number of carbonyl (C=O) groups excluding carboxylic acids is 2. The number of anilines is 1. The Bertz CT molecular complexity index is 887. The fourth-order valence-electron chi connectivity index (χ4n) is 2.71. The minimum atomic E-state index is -0.765. The van der Waals surface area contributed by atoms with E-state index < -0.39 is 17.6 Å². The van der Waals surface area contributed by atoms with E-state index in [0.717, 1.165) is 4.90 Å². The highest BCUT2D eigenvalue weighted by atomic mass is 35.5. The van der Waals surface area contributed by atoms with Gasteiger partial charge in [-0.15, -0.1) is 0 Å². The molecule has 0 spiro atoms. The summed E-state index contributed by atoms with van der Waals surface area (Å²) >= 11 is 5.99. The molecule has 0 radical (unpaired) electrons. The van der Waals surface area contributed by atoms with Crippen molar-refractivity contribution in [3.05, 3.63) is 64.4 Å². The molecule has 0 aliphatic carbocycles. The third-order valence-electron chi connectivity index (χ3n) is 3.93. The van der Waals surface area contributed by atoms with Crippen molar-refractivity contribution < 1.29 is 19.4 Å². The van der Waals surface area contributed by atoms with Crippen LogP contribution in [-0.2, 0) is 9.59 Å². The van der Waals surface area contributed by atoms with Crippen LogP contribution >= 0.6 is 11.6 Å². The fraction of sp³-hybridized carbons (Fsp3) is 0.158. The summed E-state index contributed by atoms with van der Waals surface area (Å²) in [5.74, 6) is -1.28. The van der Waals surface area contributed by atoms with Gasteiger partial charge in [0, 0.05) is 5.02 Å². The van der Waals surface area contributed by atoms with E-state index in [9.17, 15) is 14.7 Å². The molecule has 2 aromatic carbocycles. The first kappa shape index (κ1) is 17.0. The predicted octanol–water partition coefficient (Wildman–Crippen LogP) is 3.89. The average Bonchev–Trinajstić information content (AvgIpc) is 2.81. The Morgan fingerprint density at radius 2 is 1.76 bits per heavy atom. The van der Waals surface area contributed by atoms with E-state index in [1.165, 1.54) is 6.07 Å². The van der Waals surface area contributed by atoms with Crippen molar-refractivity contribution in [2.75, 3.05) is 11.5 Å². The van der Waals surface area contributed by atoms with E-state index in [-0.39, 0.29) is 5.57 Å². The average molecular weight is 358 g/mol. The van der Waals surface area contributed by atoms with Crippen LogP contribution in [0.2, 0.25) is 5.02 Å². The summed E-state index contributed by atoms with van der Waals surface area (Å²) in [4.78, 5) is 26.2. The molecule has 1 heterocycles. The summed E-state index contributed by atoms with van der Waals surface area (Å²) in [6.45, 7) is 4.15. The van der Waals surface area contributed by atoms with Gasteiger partial charge in [-0.25, -0.2) is 4.90 Å². The Morgan fingerprint density at radius 3 is 2.40 bits per heavy atom. The molecule has 0 unspecified atom stereocenters. The van der Waals surface area contributed by atoms with Crippen LogP contribution in [0.15, 0.2) is 48.2 Å². The molecule has 1 aliphatic rings. The smallest absolute Gasteiger partial charge is 0.301 e. The molecule has 6 heteroatoms. The number of benzene rings is 2. The summed E-state index contributed by atoms with van der Waals surface area (Å²) in [6.07, 6.45) is 0. The van der Waals surface area contributed by atoms with E-state index in [1.807, 2.05) is 6.92 Å². The van der Waals surface area contributed by atoms with Gasteiger partial charge in [0.05, 0.1) is 17.9 Å². The maximum absolute atomic E-state index is 12.8. The van der Waals surface area contributed by atoms with Crippen LogP contribution in [0.1, 0.15) is 18.1 Å². The molecule has 25 heavy (non-hydrogen) atoms. The first-order chi connectivity index (χ1) is 11.9.